The predicted molar refractivity (Wildman–Crippen MR) is 69.8 cm³/mol. The van der Waals surface area contributed by atoms with E-state index in [0.29, 0.717) is 0 Å². The Morgan fingerprint density at radius 3 is 2.20 bits per heavy atom. The summed E-state index contributed by atoms with van der Waals surface area (Å²) in [7, 11) is 0. The minimum Gasteiger partial charge on any atom is -0.321 e. The van der Waals surface area contributed by atoms with E-state index in [0.717, 1.165) is 12.8 Å². The molecule has 0 aromatic heterocycles. The molecule has 1 aliphatic carbocycles. The highest BCUT2D eigenvalue weighted by Crippen LogP contribution is 2.47. The van der Waals surface area contributed by atoms with Crippen LogP contribution in [0.3, 0.4) is 0 Å². The van der Waals surface area contributed by atoms with Crippen LogP contribution in [-0.4, -0.2) is 12.5 Å². The Bertz CT molecular complexity index is 383. The zero-order chi connectivity index (χ0) is 11.1. The third-order valence-electron chi connectivity index (χ3n) is 3.04. The topological polar surface area (TPSA) is 26.0 Å². The van der Waals surface area contributed by atoms with Crippen LogP contribution in [0.2, 0.25) is 0 Å². The molecule has 1 aromatic rings. The van der Waals surface area contributed by atoms with E-state index in [1.807, 2.05) is 11.8 Å². The van der Waals surface area contributed by atoms with Gasteiger partial charge in [0, 0.05) is 15.3 Å². The molecule has 3 heteroatoms. The van der Waals surface area contributed by atoms with Crippen LogP contribution in [0.5, 0.6) is 0 Å². The summed E-state index contributed by atoms with van der Waals surface area (Å²) in [5.74, 6) is 0. The Kier molecular flexibility index (Phi) is 3.06. The number of hydrogen-bond acceptors (Lipinski definition) is 3. The highest BCUT2D eigenvalue weighted by molar-refractivity contribution is 7.99. The van der Waals surface area contributed by atoms with Gasteiger partial charge >= 0.3 is 0 Å². The molecule has 0 radical (unpaired) electrons. The lowest BCUT2D eigenvalue weighted by molar-refractivity contribution is 0.717. The zero-order valence-corrected chi connectivity index (χ0v) is 11.1. The van der Waals surface area contributed by atoms with Crippen LogP contribution < -0.4 is 5.73 Å². The Morgan fingerprint density at radius 2 is 1.73 bits per heavy atom. The van der Waals surface area contributed by atoms with E-state index in [9.17, 15) is 0 Å². The van der Waals surface area contributed by atoms with Crippen molar-refractivity contribution in [3.05, 3.63) is 23.3 Å². The van der Waals surface area contributed by atoms with Crippen molar-refractivity contribution in [1.82, 2.24) is 0 Å². The standard InChI is InChI=1S/C12H17NS2/c1-8-6-11(15-3)9(7-10(8)14-2)12(13)4-5-12/h6-7H,4-5,13H2,1-3H3. The monoisotopic (exact) mass is 239 g/mol. The van der Waals surface area contributed by atoms with Gasteiger partial charge in [0.25, 0.3) is 0 Å². The molecule has 0 amide bonds. The largest absolute Gasteiger partial charge is 0.321 e. The fraction of sp³-hybridized carbons (Fsp3) is 0.500. The van der Waals surface area contributed by atoms with Gasteiger partial charge in [-0.3, -0.25) is 0 Å². The van der Waals surface area contributed by atoms with Gasteiger partial charge in [0.05, 0.1) is 0 Å². The van der Waals surface area contributed by atoms with Gasteiger partial charge < -0.3 is 5.73 Å². The normalized spacial score (nSPS) is 17.9. The molecule has 1 saturated carbocycles. The lowest BCUT2D eigenvalue weighted by atomic mass is 10.0. The van der Waals surface area contributed by atoms with Crippen molar-refractivity contribution in [2.45, 2.75) is 35.1 Å². The SMILES string of the molecule is CSc1cc(C2(N)CC2)c(SC)cc1C. The number of benzene rings is 1. The van der Waals surface area contributed by atoms with E-state index in [-0.39, 0.29) is 5.54 Å². The molecule has 0 unspecified atom stereocenters. The number of nitrogens with two attached hydrogens (primary N) is 1. The Labute approximate surface area is 100 Å². The number of aryl methyl sites for hydroxylation is 1. The first kappa shape index (κ1) is 11.4. The smallest absolute Gasteiger partial charge is 0.0422 e. The lowest BCUT2D eigenvalue weighted by Crippen LogP contribution is -2.19. The van der Waals surface area contributed by atoms with Crippen LogP contribution in [-0.2, 0) is 5.54 Å². The summed E-state index contributed by atoms with van der Waals surface area (Å²) in [6, 6.07) is 4.57. The van der Waals surface area contributed by atoms with E-state index in [2.05, 4.69) is 31.6 Å². The van der Waals surface area contributed by atoms with Crippen LogP contribution in [0.4, 0.5) is 0 Å². The molecule has 0 bridgehead atoms. The first-order valence-corrected chi connectivity index (χ1v) is 7.57. The van der Waals surface area contributed by atoms with Crippen LogP contribution in [0, 0.1) is 6.92 Å². The quantitative estimate of drug-likeness (QED) is 0.819. The first-order chi connectivity index (χ1) is 7.10. The molecule has 1 aromatic carbocycles. The molecule has 0 heterocycles. The second-order valence-corrected chi connectivity index (χ2v) is 5.87. The third-order valence-corrected chi connectivity index (χ3v) is 4.70. The summed E-state index contributed by atoms with van der Waals surface area (Å²) in [5.41, 5.74) is 8.99. The summed E-state index contributed by atoms with van der Waals surface area (Å²) >= 11 is 3.61. The van der Waals surface area contributed by atoms with E-state index in [4.69, 9.17) is 5.73 Å². The van der Waals surface area contributed by atoms with Crippen LogP contribution in [0.1, 0.15) is 24.0 Å². The molecule has 15 heavy (non-hydrogen) atoms. The highest BCUT2D eigenvalue weighted by atomic mass is 32.2. The Balaban J connectivity index is 2.51. The van der Waals surface area contributed by atoms with Crippen LogP contribution in [0.25, 0.3) is 0 Å². The van der Waals surface area contributed by atoms with Crippen molar-refractivity contribution in [3.63, 3.8) is 0 Å². The van der Waals surface area contributed by atoms with Crippen molar-refractivity contribution < 1.29 is 0 Å². The number of thioether (sulfide) groups is 2. The average molecular weight is 239 g/mol. The molecule has 82 valence electrons. The maximum absolute atomic E-state index is 6.30. The van der Waals surface area contributed by atoms with Gasteiger partial charge in [-0.05, 0) is 55.5 Å². The summed E-state index contributed by atoms with van der Waals surface area (Å²) in [6.45, 7) is 2.17. The second kappa shape index (κ2) is 4.04. The van der Waals surface area contributed by atoms with Crippen molar-refractivity contribution in [2.24, 2.45) is 5.73 Å². The van der Waals surface area contributed by atoms with E-state index < -0.39 is 0 Å². The first-order valence-electron chi connectivity index (χ1n) is 5.13. The third kappa shape index (κ3) is 2.05. The highest BCUT2D eigenvalue weighted by Gasteiger charge is 2.41. The average Bonchev–Trinajstić information content (AvgIpc) is 2.97. The van der Waals surface area contributed by atoms with Crippen LogP contribution >= 0.6 is 23.5 Å². The molecule has 0 atom stereocenters. The van der Waals surface area contributed by atoms with Gasteiger partial charge in [0.2, 0.25) is 0 Å². The van der Waals surface area contributed by atoms with Gasteiger partial charge in [-0.2, -0.15) is 0 Å². The van der Waals surface area contributed by atoms with Crippen molar-refractivity contribution in [1.29, 1.82) is 0 Å². The predicted octanol–water partition coefficient (Wildman–Crippen LogP) is 3.39. The molecule has 0 saturated heterocycles. The fourth-order valence-corrected chi connectivity index (χ4v) is 3.24. The van der Waals surface area contributed by atoms with E-state index in [1.165, 1.54) is 20.9 Å². The lowest BCUT2D eigenvalue weighted by Gasteiger charge is -2.16. The summed E-state index contributed by atoms with van der Waals surface area (Å²) in [4.78, 5) is 2.71. The molecular weight excluding hydrogens is 222 g/mol. The molecular formula is C12H17NS2. The fourth-order valence-electron chi connectivity index (χ4n) is 1.84. The molecule has 1 nitrogen and oxygen atoms in total. The van der Waals surface area contributed by atoms with Gasteiger partial charge in [-0.15, -0.1) is 23.5 Å². The minimum absolute atomic E-state index is 0.0173. The summed E-state index contributed by atoms with van der Waals surface area (Å²) in [5, 5.41) is 0. The van der Waals surface area contributed by atoms with Crippen LogP contribution in [0.15, 0.2) is 21.9 Å². The Hall–Kier alpha value is -0.120. The molecule has 2 rings (SSSR count). The van der Waals surface area contributed by atoms with Crippen molar-refractivity contribution in [2.75, 3.05) is 12.5 Å². The minimum atomic E-state index is -0.0173. The number of hydrogen-bond donors (Lipinski definition) is 1. The summed E-state index contributed by atoms with van der Waals surface area (Å²) in [6.07, 6.45) is 6.53. The molecule has 0 spiro atoms. The maximum atomic E-state index is 6.30. The van der Waals surface area contributed by atoms with Gasteiger partial charge in [-0.25, -0.2) is 0 Å². The summed E-state index contributed by atoms with van der Waals surface area (Å²) < 4.78 is 0. The van der Waals surface area contributed by atoms with E-state index >= 15 is 0 Å². The van der Waals surface area contributed by atoms with Crippen molar-refractivity contribution in [3.8, 4) is 0 Å². The molecule has 2 N–H and O–H groups in total. The maximum Gasteiger partial charge on any atom is 0.0422 e. The Morgan fingerprint density at radius 1 is 1.13 bits per heavy atom. The van der Waals surface area contributed by atoms with Gasteiger partial charge in [-0.1, -0.05) is 0 Å². The second-order valence-electron chi connectivity index (χ2n) is 4.18. The molecule has 0 aliphatic heterocycles. The van der Waals surface area contributed by atoms with Crippen molar-refractivity contribution >= 4 is 23.5 Å². The zero-order valence-electron chi connectivity index (χ0n) is 9.46. The molecule has 1 aliphatic rings. The number of rotatable bonds is 3. The van der Waals surface area contributed by atoms with E-state index in [1.54, 1.807) is 11.8 Å². The van der Waals surface area contributed by atoms with Gasteiger partial charge in [0.1, 0.15) is 0 Å². The van der Waals surface area contributed by atoms with Gasteiger partial charge in [0.15, 0.2) is 0 Å². The molecule has 1 fully saturated rings.